The maximum absolute atomic E-state index is 3.64. The Hall–Kier alpha value is 0.270. The second kappa shape index (κ2) is 5.28. The van der Waals surface area contributed by atoms with Gasteiger partial charge in [-0.15, -0.1) is 0 Å². The first-order chi connectivity index (χ1) is 7.65. The SMILES string of the molecule is CSC1(CN2CCNC(C(C)C)C2)CCC1. The van der Waals surface area contributed by atoms with Crippen molar-refractivity contribution in [3.05, 3.63) is 0 Å². The molecule has 3 heteroatoms. The molecule has 1 saturated carbocycles. The predicted molar refractivity (Wildman–Crippen MR) is 73.2 cm³/mol. The third kappa shape index (κ3) is 2.74. The molecule has 0 aromatic rings. The Labute approximate surface area is 105 Å². The molecule has 94 valence electrons. The van der Waals surface area contributed by atoms with Crippen molar-refractivity contribution in [1.29, 1.82) is 0 Å². The first-order valence-electron chi connectivity index (χ1n) is 6.66. The third-order valence-corrected chi connectivity index (χ3v) is 5.71. The summed E-state index contributed by atoms with van der Waals surface area (Å²) in [5, 5.41) is 3.64. The first-order valence-corrected chi connectivity index (χ1v) is 7.88. The quantitative estimate of drug-likeness (QED) is 0.814. The summed E-state index contributed by atoms with van der Waals surface area (Å²) in [4.78, 5) is 2.69. The summed E-state index contributed by atoms with van der Waals surface area (Å²) in [6.45, 7) is 9.64. The fraction of sp³-hybridized carbons (Fsp3) is 1.00. The molecule has 1 aliphatic heterocycles. The van der Waals surface area contributed by atoms with E-state index in [4.69, 9.17) is 0 Å². The van der Waals surface area contributed by atoms with Gasteiger partial charge >= 0.3 is 0 Å². The third-order valence-electron chi connectivity index (χ3n) is 4.30. The summed E-state index contributed by atoms with van der Waals surface area (Å²) in [6, 6.07) is 0.702. The van der Waals surface area contributed by atoms with E-state index in [9.17, 15) is 0 Å². The van der Waals surface area contributed by atoms with Crippen LogP contribution in [0.4, 0.5) is 0 Å². The Morgan fingerprint density at radius 3 is 2.69 bits per heavy atom. The maximum Gasteiger partial charge on any atom is 0.0284 e. The van der Waals surface area contributed by atoms with E-state index in [0.717, 1.165) is 5.92 Å². The van der Waals surface area contributed by atoms with Crippen LogP contribution in [0.1, 0.15) is 33.1 Å². The van der Waals surface area contributed by atoms with Crippen molar-refractivity contribution in [2.75, 3.05) is 32.4 Å². The van der Waals surface area contributed by atoms with Crippen molar-refractivity contribution in [2.24, 2.45) is 5.92 Å². The van der Waals surface area contributed by atoms with Crippen molar-refractivity contribution in [2.45, 2.75) is 43.9 Å². The Morgan fingerprint density at radius 1 is 1.44 bits per heavy atom. The minimum Gasteiger partial charge on any atom is -0.311 e. The highest BCUT2D eigenvalue weighted by Gasteiger charge is 2.38. The van der Waals surface area contributed by atoms with Gasteiger partial charge in [0.15, 0.2) is 0 Å². The van der Waals surface area contributed by atoms with E-state index < -0.39 is 0 Å². The number of rotatable bonds is 4. The van der Waals surface area contributed by atoms with Crippen molar-refractivity contribution in [1.82, 2.24) is 10.2 Å². The van der Waals surface area contributed by atoms with Gasteiger partial charge in [-0.05, 0) is 25.0 Å². The predicted octanol–water partition coefficient (Wildman–Crippen LogP) is 2.20. The largest absolute Gasteiger partial charge is 0.311 e. The molecule has 0 aromatic heterocycles. The van der Waals surface area contributed by atoms with E-state index in [1.807, 2.05) is 0 Å². The molecule has 0 spiro atoms. The van der Waals surface area contributed by atoms with Crippen LogP contribution in [0, 0.1) is 5.92 Å². The summed E-state index contributed by atoms with van der Waals surface area (Å²) in [5.41, 5.74) is 0. The molecule has 2 aliphatic rings. The lowest BCUT2D eigenvalue weighted by atomic mass is 9.83. The molecule has 0 bridgehead atoms. The zero-order chi connectivity index (χ0) is 11.6. The molecule has 2 rings (SSSR count). The lowest BCUT2D eigenvalue weighted by molar-refractivity contribution is 0.141. The average Bonchev–Trinajstić information content (AvgIpc) is 2.24. The highest BCUT2D eigenvalue weighted by Crippen LogP contribution is 2.43. The molecule has 1 N–H and O–H groups in total. The molecule has 0 radical (unpaired) electrons. The van der Waals surface area contributed by atoms with E-state index in [1.54, 1.807) is 0 Å². The second-order valence-electron chi connectivity index (χ2n) is 5.78. The van der Waals surface area contributed by atoms with Crippen molar-refractivity contribution in [3.63, 3.8) is 0 Å². The first kappa shape index (κ1) is 12.7. The zero-order valence-electron chi connectivity index (χ0n) is 11.0. The van der Waals surface area contributed by atoms with Crippen LogP contribution >= 0.6 is 11.8 Å². The summed E-state index contributed by atoms with van der Waals surface area (Å²) >= 11 is 2.10. The molecule has 0 amide bonds. The van der Waals surface area contributed by atoms with Crippen LogP contribution in [0.3, 0.4) is 0 Å². The van der Waals surface area contributed by atoms with E-state index in [0.29, 0.717) is 10.8 Å². The lowest BCUT2D eigenvalue weighted by Gasteiger charge is -2.46. The summed E-state index contributed by atoms with van der Waals surface area (Å²) < 4.78 is 0.610. The number of nitrogens with one attached hydrogen (secondary N) is 1. The zero-order valence-corrected chi connectivity index (χ0v) is 11.8. The minimum absolute atomic E-state index is 0.610. The molecule has 2 nitrogen and oxygen atoms in total. The smallest absolute Gasteiger partial charge is 0.0284 e. The van der Waals surface area contributed by atoms with Gasteiger partial charge in [-0.2, -0.15) is 11.8 Å². The highest BCUT2D eigenvalue weighted by atomic mass is 32.2. The normalized spacial score (nSPS) is 30.4. The van der Waals surface area contributed by atoms with Gasteiger partial charge in [0.05, 0.1) is 0 Å². The van der Waals surface area contributed by atoms with Crippen molar-refractivity contribution >= 4 is 11.8 Å². The minimum atomic E-state index is 0.610. The van der Waals surface area contributed by atoms with Crippen LogP contribution in [0.15, 0.2) is 0 Å². The topological polar surface area (TPSA) is 15.3 Å². The number of piperazine rings is 1. The summed E-state index contributed by atoms with van der Waals surface area (Å²) in [7, 11) is 0. The van der Waals surface area contributed by atoms with E-state index in [1.165, 1.54) is 45.4 Å². The van der Waals surface area contributed by atoms with Crippen LogP contribution in [0.5, 0.6) is 0 Å². The Bertz CT molecular complexity index is 220. The highest BCUT2D eigenvalue weighted by molar-refractivity contribution is 8.00. The van der Waals surface area contributed by atoms with Crippen LogP contribution in [-0.2, 0) is 0 Å². The molecule has 1 atom stereocenters. The van der Waals surface area contributed by atoms with Crippen molar-refractivity contribution in [3.8, 4) is 0 Å². The van der Waals surface area contributed by atoms with Gasteiger partial charge in [-0.3, -0.25) is 4.90 Å². The van der Waals surface area contributed by atoms with Crippen LogP contribution in [0.2, 0.25) is 0 Å². The molecule has 2 fully saturated rings. The maximum atomic E-state index is 3.64. The van der Waals surface area contributed by atoms with Gasteiger partial charge in [0.25, 0.3) is 0 Å². The van der Waals surface area contributed by atoms with Crippen LogP contribution in [0.25, 0.3) is 0 Å². The van der Waals surface area contributed by atoms with Gasteiger partial charge < -0.3 is 5.32 Å². The molecular formula is C13H26N2S. The second-order valence-corrected chi connectivity index (χ2v) is 7.05. The molecule has 0 aromatic carbocycles. The fourth-order valence-corrected chi connectivity index (χ4v) is 3.85. The van der Waals surface area contributed by atoms with Crippen molar-refractivity contribution < 1.29 is 0 Å². The monoisotopic (exact) mass is 242 g/mol. The summed E-state index contributed by atoms with van der Waals surface area (Å²) in [6.07, 6.45) is 6.61. The molecule has 16 heavy (non-hydrogen) atoms. The van der Waals surface area contributed by atoms with Crippen LogP contribution < -0.4 is 5.32 Å². The summed E-state index contributed by atoms with van der Waals surface area (Å²) in [5.74, 6) is 0.759. The number of nitrogens with zero attached hydrogens (tertiary/aromatic N) is 1. The van der Waals surface area contributed by atoms with Gasteiger partial charge in [-0.25, -0.2) is 0 Å². The van der Waals surface area contributed by atoms with Gasteiger partial charge in [0.2, 0.25) is 0 Å². The van der Waals surface area contributed by atoms with Gasteiger partial charge in [-0.1, -0.05) is 20.3 Å². The Kier molecular flexibility index (Phi) is 4.20. The molecular weight excluding hydrogens is 216 g/mol. The molecule has 1 heterocycles. The molecule has 1 aliphatic carbocycles. The van der Waals surface area contributed by atoms with Crippen LogP contribution in [-0.4, -0.2) is 48.1 Å². The standard InChI is InChI=1S/C13H26N2S/c1-11(2)12-9-15(8-7-14-12)10-13(16-3)5-4-6-13/h11-12,14H,4-10H2,1-3H3. The number of hydrogen-bond donors (Lipinski definition) is 1. The Balaban J connectivity index is 1.85. The van der Waals surface area contributed by atoms with E-state index in [2.05, 4.69) is 42.1 Å². The molecule has 1 saturated heterocycles. The number of thioether (sulfide) groups is 1. The Morgan fingerprint density at radius 2 is 2.19 bits per heavy atom. The van der Waals surface area contributed by atoms with E-state index in [-0.39, 0.29) is 0 Å². The molecule has 1 unspecified atom stereocenters. The fourth-order valence-electron chi connectivity index (χ4n) is 2.84. The lowest BCUT2D eigenvalue weighted by Crippen LogP contribution is -2.56. The number of hydrogen-bond acceptors (Lipinski definition) is 3. The van der Waals surface area contributed by atoms with E-state index >= 15 is 0 Å². The van der Waals surface area contributed by atoms with Gasteiger partial charge in [0, 0.05) is 37.0 Å². The average molecular weight is 242 g/mol. The van der Waals surface area contributed by atoms with Gasteiger partial charge in [0.1, 0.15) is 0 Å².